The molecule has 0 aliphatic carbocycles. The predicted molar refractivity (Wildman–Crippen MR) is 97.3 cm³/mol. The van der Waals surface area contributed by atoms with E-state index in [-0.39, 0.29) is 23.7 Å². The van der Waals surface area contributed by atoms with Crippen molar-refractivity contribution in [2.24, 2.45) is 0 Å². The zero-order chi connectivity index (χ0) is 20.3. The van der Waals surface area contributed by atoms with Crippen molar-refractivity contribution in [2.75, 3.05) is 12.9 Å². The maximum Gasteiger partial charge on any atom is 0.416 e. The summed E-state index contributed by atoms with van der Waals surface area (Å²) in [6, 6.07) is 6.30. The highest BCUT2D eigenvalue weighted by Gasteiger charge is 2.31. The number of halogens is 3. The molecule has 10 heteroatoms. The summed E-state index contributed by atoms with van der Waals surface area (Å²) in [7, 11) is 0. The largest absolute Gasteiger partial charge is 0.461 e. The van der Waals surface area contributed by atoms with Gasteiger partial charge in [-0.15, -0.1) is 0 Å². The first kappa shape index (κ1) is 19.9. The number of ether oxygens (including phenoxy) is 1. The van der Waals surface area contributed by atoms with Gasteiger partial charge in [0.15, 0.2) is 10.9 Å². The molecule has 3 rings (SSSR count). The van der Waals surface area contributed by atoms with E-state index in [9.17, 15) is 18.0 Å². The molecule has 0 aliphatic heterocycles. The van der Waals surface area contributed by atoms with E-state index in [0.717, 1.165) is 12.1 Å². The zero-order valence-corrected chi connectivity index (χ0v) is 15.7. The molecule has 0 unspecified atom stereocenters. The lowest BCUT2D eigenvalue weighted by Gasteiger charge is -2.10. The van der Waals surface area contributed by atoms with Crippen LogP contribution in [0, 0.1) is 0 Å². The molecule has 3 aromatic rings. The number of aromatic nitrogens is 4. The third kappa shape index (κ3) is 4.16. The molecule has 0 bridgehead atoms. The molecule has 0 atom stereocenters. The zero-order valence-electron chi connectivity index (χ0n) is 14.9. The molecule has 28 heavy (non-hydrogen) atoms. The lowest BCUT2D eigenvalue weighted by atomic mass is 10.1. The SMILES string of the molecule is CCOC(=O)c1cn(-c2ccnc(SC)n2)c(-c2cccc(C(F)(F)F)c2)n1. The molecule has 146 valence electrons. The highest BCUT2D eigenvalue weighted by molar-refractivity contribution is 7.98. The Kier molecular flexibility index (Phi) is 5.68. The average Bonchev–Trinajstić information content (AvgIpc) is 3.13. The van der Waals surface area contributed by atoms with Gasteiger partial charge < -0.3 is 4.74 Å². The number of imidazole rings is 1. The van der Waals surface area contributed by atoms with E-state index in [1.165, 1.54) is 40.9 Å². The number of benzene rings is 1. The molecule has 0 spiro atoms. The molecular formula is C18H15F3N4O2S. The van der Waals surface area contributed by atoms with Gasteiger partial charge in [0.1, 0.15) is 11.6 Å². The fourth-order valence-electron chi connectivity index (χ4n) is 2.46. The Morgan fingerprint density at radius 3 is 2.71 bits per heavy atom. The lowest BCUT2D eigenvalue weighted by Crippen LogP contribution is -2.06. The van der Waals surface area contributed by atoms with E-state index in [4.69, 9.17) is 4.74 Å². The number of hydrogen-bond donors (Lipinski definition) is 0. The Hall–Kier alpha value is -2.88. The molecule has 0 fully saturated rings. The molecule has 0 radical (unpaired) electrons. The van der Waals surface area contributed by atoms with Crippen molar-refractivity contribution in [3.63, 3.8) is 0 Å². The molecule has 0 saturated heterocycles. The van der Waals surface area contributed by atoms with Crippen LogP contribution in [0.15, 0.2) is 47.9 Å². The van der Waals surface area contributed by atoms with Gasteiger partial charge in [0.05, 0.1) is 12.2 Å². The Morgan fingerprint density at radius 1 is 1.25 bits per heavy atom. The minimum atomic E-state index is -4.50. The molecule has 0 amide bonds. The number of rotatable bonds is 5. The van der Waals surface area contributed by atoms with Crippen LogP contribution < -0.4 is 0 Å². The van der Waals surface area contributed by atoms with Crippen molar-refractivity contribution in [3.05, 3.63) is 54.0 Å². The van der Waals surface area contributed by atoms with Crippen molar-refractivity contribution in [1.29, 1.82) is 0 Å². The van der Waals surface area contributed by atoms with Crippen LogP contribution in [0.1, 0.15) is 23.0 Å². The standard InChI is InChI=1S/C18H15F3N4O2S/c1-3-27-16(26)13-10-25(14-7-8-22-17(24-14)28-2)15(23-13)11-5-4-6-12(9-11)18(19,20)21/h4-10H,3H2,1-2H3. The Labute approximate surface area is 162 Å². The highest BCUT2D eigenvalue weighted by atomic mass is 32.2. The molecule has 2 heterocycles. The molecular weight excluding hydrogens is 393 g/mol. The van der Waals surface area contributed by atoms with Crippen LogP contribution >= 0.6 is 11.8 Å². The summed E-state index contributed by atoms with van der Waals surface area (Å²) in [5.41, 5.74) is -0.655. The predicted octanol–water partition coefficient (Wildman–Crippen LogP) is 4.25. The summed E-state index contributed by atoms with van der Waals surface area (Å²) in [5, 5.41) is 0.471. The number of esters is 1. The minimum absolute atomic E-state index is 0.0291. The van der Waals surface area contributed by atoms with E-state index in [1.54, 1.807) is 19.2 Å². The second-order valence-corrected chi connectivity index (χ2v) is 6.29. The minimum Gasteiger partial charge on any atom is -0.461 e. The Bertz CT molecular complexity index is 1000. The third-order valence-electron chi connectivity index (χ3n) is 3.69. The quantitative estimate of drug-likeness (QED) is 0.357. The van der Waals surface area contributed by atoms with Crippen molar-refractivity contribution in [3.8, 4) is 17.2 Å². The summed E-state index contributed by atoms with van der Waals surface area (Å²) in [5.74, 6) is -0.164. The van der Waals surface area contributed by atoms with Gasteiger partial charge in [-0.05, 0) is 31.4 Å². The maximum atomic E-state index is 13.1. The Balaban J connectivity index is 2.17. The van der Waals surface area contributed by atoms with Crippen LogP contribution in [-0.2, 0) is 10.9 Å². The number of thioether (sulfide) groups is 1. The van der Waals surface area contributed by atoms with Crippen LogP contribution in [0.2, 0.25) is 0 Å². The van der Waals surface area contributed by atoms with Gasteiger partial charge in [-0.3, -0.25) is 4.57 Å². The van der Waals surface area contributed by atoms with Crippen LogP contribution in [0.4, 0.5) is 13.2 Å². The lowest BCUT2D eigenvalue weighted by molar-refractivity contribution is -0.137. The van der Waals surface area contributed by atoms with Crippen molar-refractivity contribution in [1.82, 2.24) is 19.5 Å². The van der Waals surface area contributed by atoms with E-state index < -0.39 is 17.7 Å². The van der Waals surface area contributed by atoms with Crippen LogP contribution in [0.3, 0.4) is 0 Å². The summed E-state index contributed by atoms with van der Waals surface area (Å²) in [4.78, 5) is 24.7. The fourth-order valence-corrected chi connectivity index (χ4v) is 2.81. The second kappa shape index (κ2) is 8.01. The van der Waals surface area contributed by atoms with Crippen LogP contribution in [0.25, 0.3) is 17.2 Å². The number of carbonyl (C=O) groups excluding carboxylic acids is 1. The van der Waals surface area contributed by atoms with Crippen molar-refractivity contribution in [2.45, 2.75) is 18.3 Å². The molecule has 0 saturated carbocycles. The van der Waals surface area contributed by atoms with Gasteiger partial charge in [0.25, 0.3) is 0 Å². The monoisotopic (exact) mass is 408 g/mol. The van der Waals surface area contributed by atoms with Crippen LogP contribution in [-0.4, -0.2) is 38.4 Å². The number of hydrogen-bond acceptors (Lipinski definition) is 6. The molecule has 1 aromatic carbocycles. The summed E-state index contributed by atoms with van der Waals surface area (Å²) in [6.45, 7) is 1.80. The van der Waals surface area contributed by atoms with Crippen molar-refractivity contribution < 1.29 is 22.7 Å². The molecule has 2 aromatic heterocycles. The van der Waals surface area contributed by atoms with E-state index >= 15 is 0 Å². The first-order valence-corrected chi connectivity index (χ1v) is 9.37. The highest BCUT2D eigenvalue weighted by Crippen LogP contribution is 2.32. The summed E-state index contributed by atoms with van der Waals surface area (Å²) >= 11 is 1.31. The fraction of sp³-hybridized carbons (Fsp3) is 0.222. The number of alkyl halides is 3. The van der Waals surface area contributed by atoms with Gasteiger partial charge in [-0.1, -0.05) is 23.9 Å². The number of nitrogens with zero attached hydrogens (tertiary/aromatic N) is 4. The van der Waals surface area contributed by atoms with Gasteiger partial charge in [0, 0.05) is 18.0 Å². The Morgan fingerprint density at radius 2 is 2.04 bits per heavy atom. The third-order valence-corrected chi connectivity index (χ3v) is 4.25. The molecule has 6 nitrogen and oxygen atoms in total. The van der Waals surface area contributed by atoms with Crippen molar-refractivity contribution >= 4 is 17.7 Å². The van der Waals surface area contributed by atoms with E-state index in [1.807, 2.05) is 0 Å². The van der Waals surface area contributed by atoms with Crippen LogP contribution in [0.5, 0.6) is 0 Å². The average molecular weight is 408 g/mol. The van der Waals surface area contributed by atoms with Gasteiger partial charge >= 0.3 is 12.1 Å². The maximum absolute atomic E-state index is 13.1. The first-order valence-electron chi connectivity index (χ1n) is 8.15. The van der Waals surface area contributed by atoms with Gasteiger partial charge in [0.2, 0.25) is 0 Å². The van der Waals surface area contributed by atoms with E-state index in [0.29, 0.717) is 11.0 Å². The molecule has 0 aliphatic rings. The molecule has 0 N–H and O–H groups in total. The van der Waals surface area contributed by atoms with Gasteiger partial charge in [-0.2, -0.15) is 13.2 Å². The number of carbonyl (C=O) groups is 1. The van der Waals surface area contributed by atoms with E-state index in [2.05, 4.69) is 15.0 Å². The topological polar surface area (TPSA) is 69.9 Å². The summed E-state index contributed by atoms with van der Waals surface area (Å²) < 4.78 is 45.8. The first-order chi connectivity index (χ1) is 13.3. The normalized spacial score (nSPS) is 11.5. The summed E-state index contributed by atoms with van der Waals surface area (Å²) in [6.07, 6.45) is 0.206. The van der Waals surface area contributed by atoms with Gasteiger partial charge in [-0.25, -0.2) is 19.7 Å². The smallest absolute Gasteiger partial charge is 0.416 e. The second-order valence-electron chi connectivity index (χ2n) is 5.52.